The van der Waals surface area contributed by atoms with Gasteiger partial charge in [-0.3, -0.25) is 4.79 Å². The zero-order chi connectivity index (χ0) is 10.7. The Morgan fingerprint density at radius 1 is 1.33 bits per heavy atom. The molecule has 0 radical (unpaired) electrons. The van der Waals surface area contributed by atoms with Gasteiger partial charge in [-0.15, -0.1) is 0 Å². The minimum atomic E-state index is 0.255. The zero-order valence-corrected chi connectivity index (χ0v) is 8.31. The Hall–Kier alpha value is -1.88. The molecule has 0 aliphatic heterocycles. The second kappa shape index (κ2) is 4.10. The van der Waals surface area contributed by atoms with Crippen molar-refractivity contribution in [2.75, 3.05) is 0 Å². The van der Waals surface area contributed by atoms with Crippen LogP contribution in [0.4, 0.5) is 0 Å². The molecule has 1 aliphatic carbocycles. The number of rotatable bonds is 3. The summed E-state index contributed by atoms with van der Waals surface area (Å²) in [5, 5.41) is 8.36. The minimum Gasteiger partial charge on any atom is -0.294 e. The van der Waals surface area contributed by atoms with Gasteiger partial charge in [-0.25, -0.2) is 0 Å². The van der Waals surface area contributed by atoms with E-state index in [1.165, 1.54) is 6.08 Å². The van der Waals surface area contributed by atoms with Gasteiger partial charge < -0.3 is 0 Å². The van der Waals surface area contributed by atoms with Gasteiger partial charge in [0.15, 0.2) is 5.78 Å². The molecule has 1 aromatic carbocycles. The van der Waals surface area contributed by atoms with Gasteiger partial charge >= 0.3 is 0 Å². The first-order chi connectivity index (χ1) is 7.31. The van der Waals surface area contributed by atoms with Crippen LogP contribution in [0, 0.1) is 17.2 Å². The lowest BCUT2D eigenvalue weighted by Gasteiger charge is -1.98. The van der Waals surface area contributed by atoms with Crippen molar-refractivity contribution >= 4 is 11.9 Å². The third-order valence-corrected chi connectivity index (χ3v) is 2.49. The number of carbonyl (C=O) groups is 1. The lowest BCUT2D eigenvalue weighted by Crippen LogP contribution is -2.00. The normalized spacial score (nSPS) is 15.1. The van der Waals surface area contributed by atoms with Gasteiger partial charge in [-0.2, -0.15) is 5.26 Å². The average molecular weight is 197 g/mol. The number of nitrogens with zero attached hydrogens (tertiary/aromatic N) is 1. The number of allylic oxidation sites excluding steroid dienone is 1. The molecule has 0 saturated heterocycles. The molecule has 1 saturated carbocycles. The van der Waals surface area contributed by atoms with Crippen LogP contribution in [-0.4, -0.2) is 5.78 Å². The van der Waals surface area contributed by atoms with E-state index in [0.29, 0.717) is 0 Å². The smallest absolute Gasteiger partial charge is 0.165 e. The maximum atomic E-state index is 11.7. The van der Waals surface area contributed by atoms with Crippen LogP contribution >= 0.6 is 0 Å². The molecule has 15 heavy (non-hydrogen) atoms. The van der Waals surface area contributed by atoms with E-state index in [1.54, 1.807) is 6.08 Å². The van der Waals surface area contributed by atoms with Crippen LogP contribution in [0.2, 0.25) is 0 Å². The number of nitriles is 1. The van der Waals surface area contributed by atoms with Crippen LogP contribution in [0.15, 0.2) is 30.3 Å². The fraction of sp³-hybridized carbons (Fsp3) is 0.231. The van der Waals surface area contributed by atoms with E-state index < -0.39 is 0 Å². The monoisotopic (exact) mass is 197 g/mol. The summed E-state index contributed by atoms with van der Waals surface area (Å²) in [6.45, 7) is 0. The zero-order valence-electron chi connectivity index (χ0n) is 8.31. The van der Waals surface area contributed by atoms with Gasteiger partial charge in [-0.1, -0.05) is 24.3 Å². The van der Waals surface area contributed by atoms with E-state index >= 15 is 0 Å². The molecular weight excluding hydrogens is 186 g/mol. The Labute approximate surface area is 88.8 Å². The SMILES string of the molecule is N#CC=Cc1ccc(C(=O)C2CC2)cc1. The highest BCUT2D eigenvalue weighted by Crippen LogP contribution is 2.32. The molecule has 0 amide bonds. The van der Waals surface area contributed by atoms with Crippen LogP contribution in [-0.2, 0) is 0 Å². The topological polar surface area (TPSA) is 40.9 Å². The van der Waals surface area contributed by atoms with Crippen molar-refractivity contribution < 1.29 is 4.79 Å². The van der Waals surface area contributed by atoms with Crippen molar-refractivity contribution in [2.45, 2.75) is 12.8 Å². The molecule has 0 N–H and O–H groups in total. The van der Waals surface area contributed by atoms with Gasteiger partial charge in [0.25, 0.3) is 0 Å². The summed E-state index contributed by atoms with van der Waals surface area (Å²) in [7, 11) is 0. The van der Waals surface area contributed by atoms with Crippen molar-refractivity contribution in [2.24, 2.45) is 5.92 Å². The molecule has 2 heteroatoms. The van der Waals surface area contributed by atoms with E-state index in [9.17, 15) is 4.79 Å². The molecule has 74 valence electrons. The van der Waals surface area contributed by atoms with Crippen LogP contribution in [0.25, 0.3) is 6.08 Å². The summed E-state index contributed by atoms with van der Waals surface area (Å²) in [5.74, 6) is 0.524. The van der Waals surface area contributed by atoms with Crippen molar-refractivity contribution in [3.05, 3.63) is 41.5 Å². The minimum absolute atomic E-state index is 0.255. The highest BCUT2D eigenvalue weighted by molar-refractivity contribution is 5.99. The summed E-state index contributed by atoms with van der Waals surface area (Å²) in [5.41, 5.74) is 1.73. The lowest BCUT2D eigenvalue weighted by molar-refractivity contribution is 0.0967. The Morgan fingerprint density at radius 3 is 2.53 bits per heavy atom. The average Bonchev–Trinajstić information content (AvgIpc) is 3.10. The van der Waals surface area contributed by atoms with Crippen molar-refractivity contribution in [1.82, 2.24) is 0 Å². The van der Waals surface area contributed by atoms with Gasteiger partial charge in [0, 0.05) is 17.6 Å². The van der Waals surface area contributed by atoms with E-state index in [1.807, 2.05) is 30.3 Å². The molecule has 0 unspecified atom stereocenters. The lowest BCUT2D eigenvalue weighted by atomic mass is 10.1. The summed E-state index contributed by atoms with van der Waals surface area (Å²) in [4.78, 5) is 11.7. The number of Topliss-reactive ketones (excluding diaryl/α,β-unsaturated/α-hetero) is 1. The van der Waals surface area contributed by atoms with Gasteiger partial charge in [0.2, 0.25) is 0 Å². The van der Waals surface area contributed by atoms with Crippen molar-refractivity contribution in [1.29, 1.82) is 5.26 Å². The first-order valence-corrected chi connectivity index (χ1v) is 5.01. The number of carbonyl (C=O) groups excluding carboxylic acids is 1. The Bertz CT molecular complexity index is 433. The van der Waals surface area contributed by atoms with E-state index in [4.69, 9.17) is 5.26 Å². The maximum absolute atomic E-state index is 11.7. The van der Waals surface area contributed by atoms with Crippen LogP contribution in [0.5, 0.6) is 0 Å². The molecule has 1 fully saturated rings. The first kappa shape index (κ1) is 9.67. The Morgan fingerprint density at radius 2 is 2.00 bits per heavy atom. The fourth-order valence-electron chi connectivity index (χ4n) is 1.47. The number of ketones is 1. The van der Waals surface area contributed by atoms with E-state index in [-0.39, 0.29) is 11.7 Å². The molecule has 2 rings (SSSR count). The molecule has 0 bridgehead atoms. The Kier molecular flexibility index (Phi) is 2.64. The quantitative estimate of drug-likeness (QED) is 0.552. The highest BCUT2D eigenvalue weighted by Gasteiger charge is 2.30. The Balaban J connectivity index is 2.13. The van der Waals surface area contributed by atoms with Gasteiger partial charge in [-0.05, 0) is 24.5 Å². The third-order valence-electron chi connectivity index (χ3n) is 2.49. The molecule has 1 aliphatic rings. The fourth-order valence-corrected chi connectivity index (χ4v) is 1.47. The number of hydrogen-bond donors (Lipinski definition) is 0. The molecule has 1 aromatic rings. The summed E-state index contributed by atoms with van der Waals surface area (Å²) >= 11 is 0. The van der Waals surface area contributed by atoms with E-state index in [2.05, 4.69) is 0 Å². The summed E-state index contributed by atoms with van der Waals surface area (Å²) in [6, 6.07) is 9.33. The first-order valence-electron chi connectivity index (χ1n) is 5.01. The predicted octanol–water partition coefficient (Wildman–Crippen LogP) is 2.82. The van der Waals surface area contributed by atoms with Crippen LogP contribution < -0.4 is 0 Å². The molecule has 0 atom stereocenters. The van der Waals surface area contributed by atoms with Crippen molar-refractivity contribution in [3.63, 3.8) is 0 Å². The number of hydrogen-bond acceptors (Lipinski definition) is 2. The van der Waals surface area contributed by atoms with Gasteiger partial charge in [0.1, 0.15) is 0 Å². The van der Waals surface area contributed by atoms with Crippen molar-refractivity contribution in [3.8, 4) is 6.07 Å². The third kappa shape index (κ3) is 2.32. The van der Waals surface area contributed by atoms with Crippen LogP contribution in [0.3, 0.4) is 0 Å². The summed E-state index contributed by atoms with van der Waals surface area (Å²) in [6.07, 6.45) is 5.23. The van der Waals surface area contributed by atoms with E-state index in [0.717, 1.165) is 24.0 Å². The molecular formula is C13H11NO. The second-order valence-corrected chi connectivity index (χ2v) is 3.72. The molecule has 2 nitrogen and oxygen atoms in total. The standard InChI is InChI=1S/C13H11NO/c14-9-1-2-10-3-5-11(6-4-10)13(15)12-7-8-12/h1-6,12H,7-8H2. The highest BCUT2D eigenvalue weighted by atomic mass is 16.1. The van der Waals surface area contributed by atoms with Gasteiger partial charge in [0.05, 0.1) is 6.07 Å². The molecule has 0 heterocycles. The molecule has 0 aromatic heterocycles. The maximum Gasteiger partial charge on any atom is 0.165 e. The summed E-state index contributed by atoms with van der Waals surface area (Å²) < 4.78 is 0. The number of benzene rings is 1. The second-order valence-electron chi connectivity index (χ2n) is 3.72. The van der Waals surface area contributed by atoms with Crippen LogP contribution in [0.1, 0.15) is 28.8 Å². The largest absolute Gasteiger partial charge is 0.294 e. The molecule has 0 spiro atoms. The predicted molar refractivity (Wildman–Crippen MR) is 58.1 cm³/mol.